The van der Waals surface area contributed by atoms with E-state index in [-0.39, 0.29) is 0 Å². The van der Waals surface area contributed by atoms with Gasteiger partial charge in [-0.25, -0.2) is 0 Å². The summed E-state index contributed by atoms with van der Waals surface area (Å²) in [5, 5.41) is 3.42. The Balaban J connectivity index is 1.89. The van der Waals surface area contributed by atoms with E-state index in [9.17, 15) is 0 Å². The molecule has 0 amide bonds. The lowest BCUT2D eigenvalue weighted by molar-refractivity contribution is 0.174. The third-order valence-corrected chi connectivity index (χ3v) is 4.31. The third kappa shape index (κ3) is 2.37. The zero-order valence-corrected chi connectivity index (χ0v) is 11.6. The van der Waals surface area contributed by atoms with Gasteiger partial charge in [0.1, 0.15) is 5.75 Å². The predicted octanol–water partition coefficient (Wildman–Crippen LogP) is 2.53. The largest absolute Gasteiger partial charge is 0.496 e. The van der Waals surface area contributed by atoms with Gasteiger partial charge in [0.05, 0.1) is 7.11 Å². The molecule has 1 aromatic rings. The molecule has 1 aromatic carbocycles. The zero-order chi connectivity index (χ0) is 13.2. The zero-order valence-electron chi connectivity index (χ0n) is 11.6. The summed E-state index contributed by atoms with van der Waals surface area (Å²) in [6, 6.07) is 4.04. The highest BCUT2D eigenvalue weighted by Crippen LogP contribution is 2.43. The second-order valence-corrected chi connectivity index (χ2v) is 5.32. The van der Waals surface area contributed by atoms with Crippen LogP contribution in [0.25, 0.3) is 0 Å². The van der Waals surface area contributed by atoms with Crippen molar-refractivity contribution in [1.82, 2.24) is 5.32 Å². The van der Waals surface area contributed by atoms with Crippen LogP contribution in [0.2, 0.25) is 0 Å². The van der Waals surface area contributed by atoms with Crippen LogP contribution < -0.4 is 19.5 Å². The molecule has 0 saturated carbocycles. The number of fused-ring (bicyclic) bond motifs is 1. The van der Waals surface area contributed by atoms with E-state index in [1.165, 1.54) is 18.4 Å². The molecule has 0 bridgehead atoms. The molecule has 2 heterocycles. The van der Waals surface area contributed by atoms with E-state index < -0.39 is 0 Å². The lowest BCUT2D eigenvalue weighted by Crippen LogP contribution is -2.30. The number of piperidine rings is 1. The standard InChI is InChI=1S/C15H21NO3/c1-10(11-3-5-16-6-4-11)12-7-14-15(19-9-18-14)8-13(12)17-2/h7-8,10-11,16H,3-6,9H2,1-2H3. The summed E-state index contributed by atoms with van der Waals surface area (Å²) in [4.78, 5) is 0. The lowest BCUT2D eigenvalue weighted by Gasteiger charge is -2.29. The predicted molar refractivity (Wildman–Crippen MR) is 73.1 cm³/mol. The van der Waals surface area contributed by atoms with Gasteiger partial charge in [-0.3, -0.25) is 0 Å². The second-order valence-electron chi connectivity index (χ2n) is 5.32. The molecule has 19 heavy (non-hydrogen) atoms. The fraction of sp³-hybridized carbons (Fsp3) is 0.600. The Labute approximate surface area is 114 Å². The molecule has 1 saturated heterocycles. The van der Waals surface area contributed by atoms with Crippen molar-refractivity contribution in [2.45, 2.75) is 25.7 Å². The molecule has 1 N–H and O–H groups in total. The molecular weight excluding hydrogens is 242 g/mol. The minimum atomic E-state index is 0.309. The fourth-order valence-electron chi connectivity index (χ4n) is 3.07. The number of benzene rings is 1. The first kappa shape index (κ1) is 12.6. The van der Waals surface area contributed by atoms with Crippen LogP contribution in [0.4, 0.5) is 0 Å². The highest BCUT2D eigenvalue weighted by molar-refractivity contribution is 5.53. The van der Waals surface area contributed by atoms with Gasteiger partial charge < -0.3 is 19.5 Å². The first-order valence-corrected chi connectivity index (χ1v) is 6.98. The van der Waals surface area contributed by atoms with Gasteiger partial charge >= 0.3 is 0 Å². The van der Waals surface area contributed by atoms with Gasteiger partial charge in [0, 0.05) is 11.6 Å². The topological polar surface area (TPSA) is 39.7 Å². The number of rotatable bonds is 3. The van der Waals surface area contributed by atoms with E-state index in [1.807, 2.05) is 6.07 Å². The maximum absolute atomic E-state index is 5.53. The van der Waals surface area contributed by atoms with Crippen molar-refractivity contribution >= 4 is 0 Å². The van der Waals surface area contributed by atoms with Gasteiger partial charge in [0.15, 0.2) is 11.5 Å². The maximum Gasteiger partial charge on any atom is 0.231 e. The molecule has 1 atom stereocenters. The molecule has 0 aromatic heterocycles. The van der Waals surface area contributed by atoms with Crippen molar-refractivity contribution in [2.24, 2.45) is 5.92 Å². The quantitative estimate of drug-likeness (QED) is 0.909. The first-order valence-electron chi connectivity index (χ1n) is 6.98. The van der Waals surface area contributed by atoms with Gasteiger partial charge in [0.2, 0.25) is 6.79 Å². The van der Waals surface area contributed by atoms with E-state index in [4.69, 9.17) is 14.2 Å². The number of methoxy groups -OCH3 is 1. The van der Waals surface area contributed by atoms with Crippen molar-refractivity contribution in [3.05, 3.63) is 17.7 Å². The van der Waals surface area contributed by atoms with Crippen LogP contribution in [0.15, 0.2) is 12.1 Å². The summed E-state index contributed by atoms with van der Waals surface area (Å²) in [5.74, 6) is 3.73. The van der Waals surface area contributed by atoms with E-state index >= 15 is 0 Å². The highest BCUT2D eigenvalue weighted by atomic mass is 16.7. The monoisotopic (exact) mass is 263 g/mol. The molecule has 1 fully saturated rings. The van der Waals surface area contributed by atoms with Gasteiger partial charge in [-0.1, -0.05) is 6.92 Å². The van der Waals surface area contributed by atoms with Gasteiger partial charge in [-0.05, 0) is 43.8 Å². The van der Waals surface area contributed by atoms with Gasteiger partial charge in [-0.2, -0.15) is 0 Å². The highest BCUT2D eigenvalue weighted by Gasteiger charge is 2.26. The summed E-state index contributed by atoms with van der Waals surface area (Å²) in [5.41, 5.74) is 1.23. The van der Waals surface area contributed by atoms with Gasteiger partial charge in [0.25, 0.3) is 0 Å². The Kier molecular flexibility index (Phi) is 3.51. The number of ether oxygens (including phenoxy) is 3. The third-order valence-electron chi connectivity index (χ3n) is 4.31. The smallest absolute Gasteiger partial charge is 0.231 e. The second kappa shape index (κ2) is 5.29. The van der Waals surface area contributed by atoms with E-state index in [0.717, 1.165) is 30.3 Å². The molecule has 4 heteroatoms. The normalized spacial score (nSPS) is 20.3. The SMILES string of the molecule is COc1cc2c(cc1C(C)C1CCNCC1)OCO2. The molecule has 0 spiro atoms. The van der Waals surface area contributed by atoms with Crippen LogP contribution in [0.5, 0.6) is 17.2 Å². The lowest BCUT2D eigenvalue weighted by atomic mass is 9.81. The molecule has 2 aliphatic heterocycles. The molecular formula is C15H21NO3. The van der Waals surface area contributed by atoms with Crippen LogP contribution in [-0.2, 0) is 0 Å². The Bertz CT molecular complexity index is 455. The average Bonchev–Trinajstić information content (AvgIpc) is 2.93. The number of nitrogens with one attached hydrogen (secondary N) is 1. The fourth-order valence-corrected chi connectivity index (χ4v) is 3.07. The van der Waals surface area contributed by atoms with E-state index in [2.05, 4.69) is 18.3 Å². The number of hydrogen-bond acceptors (Lipinski definition) is 4. The summed E-state index contributed by atoms with van der Waals surface area (Å²) < 4.78 is 16.4. The summed E-state index contributed by atoms with van der Waals surface area (Å²) in [7, 11) is 1.72. The average molecular weight is 263 g/mol. The van der Waals surface area contributed by atoms with Gasteiger partial charge in [-0.15, -0.1) is 0 Å². The summed E-state index contributed by atoms with van der Waals surface area (Å²) >= 11 is 0. The Hall–Kier alpha value is -1.42. The Morgan fingerprint density at radius 1 is 1.21 bits per heavy atom. The Morgan fingerprint density at radius 3 is 2.58 bits per heavy atom. The van der Waals surface area contributed by atoms with E-state index in [0.29, 0.717) is 18.6 Å². The molecule has 4 nitrogen and oxygen atoms in total. The molecule has 1 unspecified atom stereocenters. The minimum Gasteiger partial charge on any atom is -0.496 e. The number of hydrogen-bond donors (Lipinski definition) is 1. The van der Waals surface area contributed by atoms with Crippen molar-refractivity contribution in [3.8, 4) is 17.2 Å². The first-order chi connectivity index (χ1) is 9.29. The van der Waals surface area contributed by atoms with Crippen LogP contribution in [0.3, 0.4) is 0 Å². The van der Waals surface area contributed by atoms with Crippen LogP contribution in [0, 0.1) is 5.92 Å². The molecule has 2 aliphatic rings. The van der Waals surface area contributed by atoms with Crippen molar-refractivity contribution in [1.29, 1.82) is 0 Å². The van der Waals surface area contributed by atoms with Crippen LogP contribution >= 0.6 is 0 Å². The molecule has 104 valence electrons. The summed E-state index contributed by atoms with van der Waals surface area (Å²) in [6.45, 7) is 4.82. The Morgan fingerprint density at radius 2 is 1.89 bits per heavy atom. The van der Waals surface area contributed by atoms with Crippen molar-refractivity contribution in [3.63, 3.8) is 0 Å². The van der Waals surface area contributed by atoms with E-state index in [1.54, 1.807) is 7.11 Å². The molecule has 3 rings (SSSR count). The minimum absolute atomic E-state index is 0.309. The molecule has 0 aliphatic carbocycles. The maximum atomic E-state index is 5.53. The van der Waals surface area contributed by atoms with Crippen molar-refractivity contribution in [2.75, 3.05) is 27.0 Å². The van der Waals surface area contributed by atoms with Crippen LogP contribution in [0.1, 0.15) is 31.2 Å². The van der Waals surface area contributed by atoms with Crippen LogP contribution in [-0.4, -0.2) is 27.0 Å². The summed E-state index contributed by atoms with van der Waals surface area (Å²) in [6.07, 6.45) is 2.44. The molecule has 0 radical (unpaired) electrons. The van der Waals surface area contributed by atoms with Crippen molar-refractivity contribution < 1.29 is 14.2 Å².